The third-order valence-corrected chi connectivity index (χ3v) is 3.38. The van der Waals surface area contributed by atoms with Gasteiger partial charge in [-0.2, -0.15) is 0 Å². The Bertz CT molecular complexity index is 260. The van der Waals surface area contributed by atoms with Crippen molar-refractivity contribution in [2.45, 2.75) is 18.4 Å². The Balaban J connectivity index is 1.61. The number of aliphatic hydroxyl groups is 1. The minimum Gasteiger partial charge on any atom is -0.386 e. The fraction of sp³-hybridized carbons (Fsp3) is 0.909. The molecule has 0 aromatic carbocycles. The van der Waals surface area contributed by atoms with Crippen LogP contribution in [0.2, 0.25) is 0 Å². The van der Waals surface area contributed by atoms with Gasteiger partial charge in [0, 0.05) is 13.7 Å². The summed E-state index contributed by atoms with van der Waals surface area (Å²) in [6.45, 7) is 2.66. The summed E-state index contributed by atoms with van der Waals surface area (Å²) in [5.41, 5.74) is -0.567. The molecule has 1 saturated carbocycles. The zero-order chi connectivity index (χ0) is 11.6. The maximum absolute atomic E-state index is 11.6. The Morgan fingerprint density at radius 3 is 2.81 bits per heavy atom. The van der Waals surface area contributed by atoms with E-state index < -0.39 is 5.60 Å². The molecule has 1 saturated heterocycles. The largest absolute Gasteiger partial charge is 0.386 e. The van der Waals surface area contributed by atoms with E-state index in [1.165, 1.54) is 0 Å². The van der Waals surface area contributed by atoms with Gasteiger partial charge in [0.1, 0.15) is 5.60 Å². The van der Waals surface area contributed by atoms with E-state index in [0.717, 1.165) is 12.8 Å². The van der Waals surface area contributed by atoms with Crippen molar-refractivity contribution < 1.29 is 14.6 Å². The number of methoxy groups -OCH3 is 1. The summed E-state index contributed by atoms with van der Waals surface area (Å²) in [6.07, 6.45) is 2.23. The number of nitrogens with zero attached hydrogens (tertiary/aromatic N) is 1. The molecule has 92 valence electrons. The average molecular weight is 228 g/mol. The Labute approximate surface area is 95.8 Å². The lowest BCUT2D eigenvalue weighted by atomic mass is 9.89. The Morgan fingerprint density at radius 2 is 2.25 bits per heavy atom. The molecule has 5 heteroatoms. The molecule has 0 radical (unpaired) electrons. The first-order chi connectivity index (χ1) is 7.65. The number of likely N-dealkylation sites (tertiary alicyclic amines) is 1. The molecule has 2 aliphatic rings. The second-order valence-corrected chi connectivity index (χ2v) is 4.80. The number of rotatable bonds is 6. The zero-order valence-corrected chi connectivity index (χ0v) is 9.74. The molecule has 1 heterocycles. The minimum atomic E-state index is -0.567. The van der Waals surface area contributed by atoms with Crippen molar-refractivity contribution in [1.82, 2.24) is 10.2 Å². The van der Waals surface area contributed by atoms with Crippen LogP contribution in [0.4, 0.5) is 0 Å². The molecule has 0 unspecified atom stereocenters. The number of ether oxygens (including phenoxy) is 1. The van der Waals surface area contributed by atoms with Crippen molar-refractivity contribution in [2.75, 3.05) is 39.9 Å². The zero-order valence-electron chi connectivity index (χ0n) is 9.74. The van der Waals surface area contributed by atoms with Gasteiger partial charge in [0.05, 0.1) is 26.2 Å². The van der Waals surface area contributed by atoms with E-state index >= 15 is 0 Å². The normalized spacial score (nSPS) is 23.0. The fourth-order valence-corrected chi connectivity index (χ4v) is 2.15. The molecule has 1 amide bonds. The van der Waals surface area contributed by atoms with E-state index in [0.29, 0.717) is 38.7 Å². The van der Waals surface area contributed by atoms with Gasteiger partial charge in [0.25, 0.3) is 0 Å². The van der Waals surface area contributed by atoms with Crippen molar-refractivity contribution in [3.8, 4) is 0 Å². The third-order valence-electron chi connectivity index (χ3n) is 3.38. The van der Waals surface area contributed by atoms with Crippen molar-refractivity contribution in [2.24, 2.45) is 5.92 Å². The molecule has 2 fully saturated rings. The van der Waals surface area contributed by atoms with Gasteiger partial charge < -0.3 is 20.1 Å². The summed E-state index contributed by atoms with van der Waals surface area (Å²) >= 11 is 0. The van der Waals surface area contributed by atoms with Gasteiger partial charge in [-0.05, 0) is 18.8 Å². The Hall–Kier alpha value is -0.650. The quantitative estimate of drug-likeness (QED) is 0.585. The van der Waals surface area contributed by atoms with E-state index in [9.17, 15) is 9.90 Å². The van der Waals surface area contributed by atoms with Crippen molar-refractivity contribution in [3.05, 3.63) is 0 Å². The van der Waals surface area contributed by atoms with Crippen LogP contribution in [0.5, 0.6) is 0 Å². The van der Waals surface area contributed by atoms with E-state index in [-0.39, 0.29) is 5.91 Å². The molecular weight excluding hydrogens is 208 g/mol. The summed E-state index contributed by atoms with van der Waals surface area (Å²) in [5, 5.41) is 13.1. The molecule has 2 N–H and O–H groups in total. The Morgan fingerprint density at radius 1 is 1.56 bits per heavy atom. The fourth-order valence-electron chi connectivity index (χ4n) is 2.15. The first-order valence-electron chi connectivity index (χ1n) is 5.85. The van der Waals surface area contributed by atoms with Gasteiger partial charge in [-0.3, -0.25) is 4.79 Å². The molecule has 2 rings (SSSR count). The van der Waals surface area contributed by atoms with Crippen LogP contribution in [-0.2, 0) is 9.53 Å². The molecule has 0 atom stereocenters. The van der Waals surface area contributed by atoms with Gasteiger partial charge in [-0.15, -0.1) is 0 Å². The van der Waals surface area contributed by atoms with Crippen LogP contribution in [0.15, 0.2) is 0 Å². The lowest BCUT2D eigenvalue weighted by molar-refractivity contribution is -0.158. The number of amides is 1. The molecular formula is C11H20N2O3. The second-order valence-electron chi connectivity index (χ2n) is 4.80. The van der Waals surface area contributed by atoms with Gasteiger partial charge in [-0.25, -0.2) is 0 Å². The van der Waals surface area contributed by atoms with Gasteiger partial charge in [-0.1, -0.05) is 0 Å². The number of carbonyl (C=O) groups is 1. The van der Waals surface area contributed by atoms with E-state index in [1.54, 1.807) is 12.0 Å². The summed E-state index contributed by atoms with van der Waals surface area (Å²) in [4.78, 5) is 13.4. The van der Waals surface area contributed by atoms with Crippen LogP contribution in [0.3, 0.4) is 0 Å². The minimum absolute atomic E-state index is 0.0708. The molecule has 1 aliphatic heterocycles. The van der Waals surface area contributed by atoms with Crippen molar-refractivity contribution in [1.29, 1.82) is 0 Å². The molecule has 16 heavy (non-hydrogen) atoms. The van der Waals surface area contributed by atoms with E-state index in [4.69, 9.17) is 4.74 Å². The van der Waals surface area contributed by atoms with Gasteiger partial charge in [0.15, 0.2) is 0 Å². The maximum atomic E-state index is 11.6. The number of nitrogens with one attached hydrogen (secondary N) is 1. The van der Waals surface area contributed by atoms with Crippen LogP contribution < -0.4 is 5.32 Å². The third kappa shape index (κ3) is 2.53. The lowest BCUT2D eigenvalue weighted by Gasteiger charge is -2.47. The molecule has 0 aromatic rings. The van der Waals surface area contributed by atoms with Crippen LogP contribution >= 0.6 is 0 Å². The van der Waals surface area contributed by atoms with Crippen LogP contribution in [0.25, 0.3) is 0 Å². The van der Waals surface area contributed by atoms with Crippen molar-refractivity contribution >= 4 is 5.91 Å². The van der Waals surface area contributed by atoms with E-state index in [2.05, 4.69) is 5.32 Å². The Kier molecular flexibility index (Phi) is 3.47. The van der Waals surface area contributed by atoms with Crippen LogP contribution in [0.1, 0.15) is 12.8 Å². The highest BCUT2D eigenvalue weighted by atomic mass is 16.5. The summed E-state index contributed by atoms with van der Waals surface area (Å²) in [6, 6.07) is 0. The van der Waals surface area contributed by atoms with E-state index in [1.807, 2.05) is 0 Å². The standard InChI is InChI=1S/C11H20N2O3/c1-16-5-4-12-6-10(14)13-7-11(15,8-13)9-2-3-9/h9,12,15H,2-8H2,1H3. The predicted molar refractivity (Wildman–Crippen MR) is 59.0 cm³/mol. The number of hydrogen-bond donors (Lipinski definition) is 2. The van der Waals surface area contributed by atoms with Gasteiger partial charge in [0.2, 0.25) is 5.91 Å². The maximum Gasteiger partial charge on any atom is 0.236 e. The highest BCUT2D eigenvalue weighted by Gasteiger charge is 2.52. The average Bonchev–Trinajstić information content (AvgIpc) is 3.03. The molecule has 0 bridgehead atoms. The SMILES string of the molecule is COCCNCC(=O)N1CC(O)(C2CC2)C1. The van der Waals surface area contributed by atoms with Crippen LogP contribution in [0, 0.1) is 5.92 Å². The molecule has 0 aromatic heterocycles. The molecule has 5 nitrogen and oxygen atoms in total. The second kappa shape index (κ2) is 4.69. The monoisotopic (exact) mass is 228 g/mol. The lowest BCUT2D eigenvalue weighted by Crippen LogP contribution is -2.65. The molecule has 1 aliphatic carbocycles. The smallest absolute Gasteiger partial charge is 0.236 e. The van der Waals surface area contributed by atoms with Crippen LogP contribution in [-0.4, -0.2) is 61.4 Å². The highest BCUT2D eigenvalue weighted by Crippen LogP contribution is 2.44. The van der Waals surface area contributed by atoms with Crippen molar-refractivity contribution in [3.63, 3.8) is 0 Å². The predicted octanol–water partition coefficient (Wildman–Crippen LogP) is -0.794. The number of carbonyl (C=O) groups excluding carboxylic acids is 1. The summed E-state index contributed by atoms with van der Waals surface area (Å²) in [7, 11) is 1.63. The summed E-state index contributed by atoms with van der Waals surface area (Å²) in [5.74, 6) is 0.513. The highest BCUT2D eigenvalue weighted by molar-refractivity contribution is 5.79. The molecule has 0 spiro atoms. The first kappa shape index (κ1) is 11.8. The number of β-amino-alcohol motifs (C(OH)–C–C–N with tert-alkyl or cyclic N) is 1. The topological polar surface area (TPSA) is 61.8 Å². The first-order valence-corrected chi connectivity index (χ1v) is 5.85. The number of hydrogen-bond acceptors (Lipinski definition) is 4. The summed E-state index contributed by atoms with van der Waals surface area (Å²) < 4.78 is 4.87. The van der Waals surface area contributed by atoms with Gasteiger partial charge >= 0.3 is 0 Å².